The minimum absolute atomic E-state index is 0.0970. The Balaban J connectivity index is 2.87. The molecule has 0 saturated carbocycles. The van der Waals surface area contributed by atoms with Gasteiger partial charge in [0.2, 0.25) is 0 Å². The second-order valence-corrected chi connectivity index (χ2v) is 4.95. The molecule has 1 N–H and O–H groups in total. The Morgan fingerprint density at radius 1 is 1.27 bits per heavy atom. The molecule has 1 nitrogen and oxygen atoms in total. The molecule has 0 aliphatic rings. The van der Waals surface area contributed by atoms with E-state index in [-0.39, 0.29) is 11.0 Å². The van der Waals surface area contributed by atoms with Crippen LogP contribution in [-0.2, 0) is 0 Å². The van der Waals surface area contributed by atoms with E-state index >= 15 is 0 Å². The van der Waals surface area contributed by atoms with Crippen LogP contribution in [0.15, 0.2) is 18.2 Å². The van der Waals surface area contributed by atoms with Gasteiger partial charge in [-0.05, 0) is 17.9 Å². The van der Waals surface area contributed by atoms with E-state index in [2.05, 4.69) is 0 Å². The maximum atomic E-state index is 13.3. The van der Waals surface area contributed by atoms with E-state index in [0.29, 0.717) is 6.42 Å². The summed E-state index contributed by atoms with van der Waals surface area (Å²) in [6.07, 6.45) is -0.444. The van der Waals surface area contributed by atoms with Crippen molar-refractivity contribution in [3.05, 3.63) is 35.4 Å². The number of hydrogen-bond acceptors (Lipinski definition) is 1. The average molecular weight is 214 g/mol. The van der Waals surface area contributed by atoms with Crippen molar-refractivity contribution < 1.29 is 13.9 Å². The van der Waals surface area contributed by atoms with Crippen LogP contribution in [0.25, 0.3) is 0 Å². The van der Waals surface area contributed by atoms with Crippen molar-refractivity contribution in [2.45, 2.75) is 33.3 Å². The fraction of sp³-hybridized carbons (Fsp3) is 0.500. The summed E-state index contributed by atoms with van der Waals surface area (Å²) in [4.78, 5) is 0. The second-order valence-electron chi connectivity index (χ2n) is 4.95. The summed E-state index contributed by atoms with van der Waals surface area (Å²) in [5.41, 5.74) is 0.0617. The molecular weight excluding hydrogens is 198 g/mol. The lowest BCUT2D eigenvalue weighted by atomic mass is 9.87. The number of rotatable bonds is 2. The van der Waals surface area contributed by atoms with Crippen LogP contribution in [0, 0.1) is 17.0 Å². The van der Waals surface area contributed by atoms with Crippen molar-refractivity contribution in [2.75, 3.05) is 0 Å². The van der Waals surface area contributed by atoms with Gasteiger partial charge in [0.1, 0.15) is 11.6 Å². The van der Waals surface area contributed by atoms with Gasteiger partial charge in [0, 0.05) is 11.6 Å². The van der Waals surface area contributed by atoms with Crippen molar-refractivity contribution in [1.29, 1.82) is 0 Å². The molecule has 15 heavy (non-hydrogen) atoms. The molecule has 1 rings (SSSR count). The lowest BCUT2D eigenvalue weighted by molar-refractivity contribution is 0.118. The SMILES string of the molecule is CC(C)(C)CC(O)c1ccc(F)cc1F. The molecule has 0 radical (unpaired) electrons. The molecule has 84 valence electrons. The van der Waals surface area contributed by atoms with Gasteiger partial charge in [0.15, 0.2) is 0 Å². The van der Waals surface area contributed by atoms with Crippen LogP contribution in [0.2, 0.25) is 0 Å². The molecule has 0 aliphatic heterocycles. The molecule has 1 aromatic carbocycles. The Morgan fingerprint density at radius 3 is 2.33 bits per heavy atom. The van der Waals surface area contributed by atoms with Crippen LogP contribution in [0.3, 0.4) is 0 Å². The minimum Gasteiger partial charge on any atom is -0.388 e. The van der Waals surface area contributed by atoms with Gasteiger partial charge in [-0.2, -0.15) is 0 Å². The topological polar surface area (TPSA) is 20.2 Å². The van der Waals surface area contributed by atoms with Crippen LogP contribution >= 0.6 is 0 Å². The Morgan fingerprint density at radius 2 is 1.87 bits per heavy atom. The Hall–Kier alpha value is -0.960. The predicted octanol–water partition coefficient (Wildman–Crippen LogP) is 3.43. The van der Waals surface area contributed by atoms with E-state index in [1.165, 1.54) is 6.07 Å². The molecule has 3 heteroatoms. The zero-order valence-electron chi connectivity index (χ0n) is 9.22. The number of aliphatic hydroxyl groups is 1. The molecule has 0 saturated heterocycles. The largest absolute Gasteiger partial charge is 0.388 e. The van der Waals surface area contributed by atoms with E-state index in [1.54, 1.807) is 0 Å². The summed E-state index contributed by atoms with van der Waals surface area (Å²) in [5.74, 6) is -1.31. The summed E-state index contributed by atoms with van der Waals surface area (Å²) >= 11 is 0. The Kier molecular flexibility index (Phi) is 3.45. The summed E-state index contributed by atoms with van der Waals surface area (Å²) < 4.78 is 25.9. The van der Waals surface area contributed by atoms with Gasteiger partial charge in [0.05, 0.1) is 6.10 Å². The summed E-state index contributed by atoms with van der Waals surface area (Å²) in [6, 6.07) is 3.24. The number of benzene rings is 1. The van der Waals surface area contributed by atoms with E-state index in [9.17, 15) is 13.9 Å². The van der Waals surface area contributed by atoms with Crippen LogP contribution in [-0.4, -0.2) is 5.11 Å². The van der Waals surface area contributed by atoms with E-state index in [0.717, 1.165) is 12.1 Å². The first-order valence-electron chi connectivity index (χ1n) is 4.92. The van der Waals surface area contributed by atoms with Gasteiger partial charge < -0.3 is 5.11 Å². The monoisotopic (exact) mass is 214 g/mol. The highest BCUT2D eigenvalue weighted by atomic mass is 19.1. The van der Waals surface area contributed by atoms with Gasteiger partial charge in [0.25, 0.3) is 0 Å². The molecule has 1 unspecified atom stereocenters. The lowest BCUT2D eigenvalue weighted by Crippen LogP contribution is -2.12. The maximum Gasteiger partial charge on any atom is 0.131 e. The van der Waals surface area contributed by atoms with E-state index in [1.807, 2.05) is 20.8 Å². The van der Waals surface area contributed by atoms with Crippen molar-refractivity contribution >= 4 is 0 Å². The average Bonchev–Trinajstić information content (AvgIpc) is 1.99. The molecule has 0 aliphatic carbocycles. The van der Waals surface area contributed by atoms with Crippen LogP contribution in [0.1, 0.15) is 38.9 Å². The van der Waals surface area contributed by atoms with Crippen molar-refractivity contribution in [1.82, 2.24) is 0 Å². The fourth-order valence-electron chi connectivity index (χ4n) is 1.46. The minimum atomic E-state index is -0.884. The quantitative estimate of drug-likeness (QED) is 0.799. The fourth-order valence-corrected chi connectivity index (χ4v) is 1.46. The van der Waals surface area contributed by atoms with Gasteiger partial charge in [-0.1, -0.05) is 26.8 Å². The zero-order chi connectivity index (χ0) is 11.6. The lowest BCUT2D eigenvalue weighted by Gasteiger charge is -2.22. The summed E-state index contributed by atoms with van der Waals surface area (Å²) in [5, 5.41) is 9.77. The molecule has 1 aromatic rings. The highest BCUT2D eigenvalue weighted by Gasteiger charge is 2.20. The first kappa shape index (κ1) is 12.1. The molecule has 0 heterocycles. The van der Waals surface area contributed by atoms with Crippen molar-refractivity contribution in [3.8, 4) is 0 Å². The Labute approximate surface area is 88.7 Å². The van der Waals surface area contributed by atoms with Crippen LogP contribution in [0.4, 0.5) is 8.78 Å². The second kappa shape index (κ2) is 4.27. The zero-order valence-corrected chi connectivity index (χ0v) is 9.22. The van der Waals surface area contributed by atoms with Crippen LogP contribution < -0.4 is 0 Å². The number of aliphatic hydroxyl groups excluding tert-OH is 1. The first-order chi connectivity index (χ1) is 6.79. The van der Waals surface area contributed by atoms with Crippen LogP contribution in [0.5, 0.6) is 0 Å². The summed E-state index contributed by atoms with van der Waals surface area (Å²) in [7, 11) is 0. The van der Waals surface area contributed by atoms with Gasteiger partial charge in [-0.3, -0.25) is 0 Å². The molecule has 0 bridgehead atoms. The molecular formula is C12H16F2O. The van der Waals surface area contributed by atoms with Crippen molar-refractivity contribution in [3.63, 3.8) is 0 Å². The number of halogens is 2. The maximum absolute atomic E-state index is 13.3. The third-order valence-corrected chi connectivity index (χ3v) is 2.13. The molecule has 1 atom stereocenters. The van der Waals surface area contributed by atoms with Gasteiger partial charge in [-0.25, -0.2) is 8.78 Å². The van der Waals surface area contributed by atoms with E-state index < -0.39 is 17.7 Å². The third kappa shape index (κ3) is 3.59. The summed E-state index contributed by atoms with van der Waals surface area (Å²) in [6.45, 7) is 5.87. The van der Waals surface area contributed by atoms with E-state index in [4.69, 9.17) is 0 Å². The van der Waals surface area contributed by atoms with Gasteiger partial charge >= 0.3 is 0 Å². The predicted molar refractivity (Wildman–Crippen MR) is 55.4 cm³/mol. The van der Waals surface area contributed by atoms with Gasteiger partial charge in [-0.15, -0.1) is 0 Å². The number of hydrogen-bond donors (Lipinski definition) is 1. The highest BCUT2D eigenvalue weighted by molar-refractivity contribution is 5.21. The highest BCUT2D eigenvalue weighted by Crippen LogP contribution is 2.30. The first-order valence-corrected chi connectivity index (χ1v) is 4.92. The smallest absolute Gasteiger partial charge is 0.131 e. The molecule has 0 spiro atoms. The van der Waals surface area contributed by atoms with Crippen molar-refractivity contribution in [2.24, 2.45) is 5.41 Å². The Bertz CT molecular complexity index is 342. The third-order valence-electron chi connectivity index (χ3n) is 2.13. The molecule has 0 fully saturated rings. The standard InChI is InChI=1S/C12H16F2O/c1-12(2,3)7-11(15)9-5-4-8(13)6-10(9)14/h4-6,11,15H,7H2,1-3H3. The molecule has 0 amide bonds. The normalized spacial score (nSPS) is 14.0. The molecule has 0 aromatic heterocycles.